The lowest BCUT2D eigenvalue weighted by Gasteiger charge is -2.19. The van der Waals surface area contributed by atoms with Crippen LogP contribution in [0.3, 0.4) is 0 Å². The number of halogens is 2. The molecule has 1 aromatic carbocycles. The first-order valence-electron chi connectivity index (χ1n) is 5.28. The van der Waals surface area contributed by atoms with E-state index in [0.717, 1.165) is 5.56 Å². The predicted molar refractivity (Wildman–Crippen MR) is 75.0 cm³/mol. The van der Waals surface area contributed by atoms with Gasteiger partial charge in [-0.25, -0.2) is 9.97 Å². The van der Waals surface area contributed by atoms with E-state index in [4.69, 9.17) is 28.9 Å². The average molecular weight is 283 g/mol. The van der Waals surface area contributed by atoms with Gasteiger partial charge in [0.1, 0.15) is 11.3 Å². The number of benzene rings is 1. The van der Waals surface area contributed by atoms with E-state index in [1.807, 2.05) is 18.0 Å². The molecule has 0 amide bonds. The van der Waals surface area contributed by atoms with Gasteiger partial charge in [0.2, 0.25) is 0 Å². The molecule has 1 aromatic heterocycles. The van der Waals surface area contributed by atoms with Crippen molar-refractivity contribution in [2.75, 3.05) is 17.7 Å². The number of nitrogens with zero attached hydrogens (tertiary/aromatic N) is 3. The fourth-order valence-electron chi connectivity index (χ4n) is 1.63. The second-order valence-corrected chi connectivity index (χ2v) is 4.72. The normalized spacial score (nSPS) is 10.4. The zero-order valence-corrected chi connectivity index (χ0v) is 11.3. The van der Waals surface area contributed by atoms with Crippen LogP contribution in [0.25, 0.3) is 0 Å². The Labute approximate surface area is 115 Å². The van der Waals surface area contributed by atoms with Crippen molar-refractivity contribution < 1.29 is 0 Å². The van der Waals surface area contributed by atoms with E-state index in [2.05, 4.69) is 9.97 Å². The highest BCUT2D eigenvalue weighted by Crippen LogP contribution is 2.25. The molecule has 0 bridgehead atoms. The minimum atomic E-state index is 0.500. The first-order chi connectivity index (χ1) is 8.58. The number of hydrogen-bond donors (Lipinski definition) is 1. The van der Waals surface area contributed by atoms with Crippen molar-refractivity contribution >= 4 is 34.7 Å². The number of aromatic nitrogens is 2. The first kappa shape index (κ1) is 12.9. The molecule has 2 rings (SSSR count). The molecule has 2 aromatic rings. The number of nitrogen functional groups attached to an aromatic ring is 1. The maximum absolute atomic E-state index is 6.12. The molecule has 4 nitrogen and oxygen atoms in total. The van der Waals surface area contributed by atoms with E-state index >= 15 is 0 Å². The third kappa shape index (κ3) is 2.83. The molecule has 0 spiro atoms. The fourth-order valence-corrected chi connectivity index (χ4v) is 2.06. The Morgan fingerprint density at radius 2 is 2.06 bits per heavy atom. The Morgan fingerprint density at radius 3 is 2.78 bits per heavy atom. The molecule has 1 heterocycles. The Hall–Kier alpha value is -1.52. The van der Waals surface area contributed by atoms with Crippen molar-refractivity contribution in [3.05, 3.63) is 46.3 Å². The van der Waals surface area contributed by atoms with E-state index < -0.39 is 0 Å². The van der Waals surface area contributed by atoms with Gasteiger partial charge in [0.25, 0.3) is 0 Å². The Bertz CT molecular complexity index is 560. The zero-order valence-electron chi connectivity index (χ0n) is 9.77. The van der Waals surface area contributed by atoms with Crippen LogP contribution in [0.4, 0.5) is 11.5 Å². The summed E-state index contributed by atoms with van der Waals surface area (Å²) in [6.45, 7) is 0.570. The third-order valence-electron chi connectivity index (χ3n) is 2.49. The lowest BCUT2D eigenvalue weighted by Crippen LogP contribution is -2.18. The van der Waals surface area contributed by atoms with Gasteiger partial charge in [0.15, 0.2) is 5.82 Å². The van der Waals surface area contributed by atoms with Crippen LogP contribution < -0.4 is 10.6 Å². The molecule has 0 radical (unpaired) electrons. The van der Waals surface area contributed by atoms with Crippen LogP contribution in [0.2, 0.25) is 10.0 Å². The van der Waals surface area contributed by atoms with Crippen LogP contribution in [-0.4, -0.2) is 17.0 Å². The summed E-state index contributed by atoms with van der Waals surface area (Å²) < 4.78 is 0. The van der Waals surface area contributed by atoms with Crippen molar-refractivity contribution in [2.24, 2.45) is 0 Å². The SMILES string of the molecule is CN(Cc1cc(N)ccc1Cl)c1ncncc1Cl. The summed E-state index contributed by atoms with van der Waals surface area (Å²) in [5.74, 6) is 0.658. The third-order valence-corrected chi connectivity index (χ3v) is 3.12. The highest BCUT2D eigenvalue weighted by Gasteiger charge is 2.10. The summed E-state index contributed by atoms with van der Waals surface area (Å²) in [7, 11) is 1.88. The fraction of sp³-hybridized carbons (Fsp3) is 0.167. The molecule has 0 saturated carbocycles. The molecular weight excluding hydrogens is 271 g/mol. The number of nitrogens with two attached hydrogens (primary N) is 1. The monoisotopic (exact) mass is 282 g/mol. The van der Waals surface area contributed by atoms with Gasteiger partial charge in [0.05, 0.1) is 6.20 Å². The van der Waals surface area contributed by atoms with Gasteiger partial charge in [-0.3, -0.25) is 0 Å². The molecule has 0 aliphatic heterocycles. The van der Waals surface area contributed by atoms with Gasteiger partial charge in [-0.2, -0.15) is 0 Å². The molecule has 0 unspecified atom stereocenters. The standard InChI is InChI=1S/C12H12Cl2N4/c1-18(12-11(14)5-16-7-17-12)6-8-4-9(15)2-3-10(8)13/h2-5,7H,6,15H2,1H3. The number of rotatable bonds is 3. The topological polar surface area (TPSA) is 55.0 Å². The van der Waals surface area contributed by atoms with Gasteiger partial charge < -0.3 is 10.6 Å². The van der Waals surface area contributed by atoms with Crippen LogP contribution >= 0.6 is 23.2 Å². The largest absolute Gasteiger partial charge is 0.399 e. The second-order valence-electron chi connectivity index (χ2n) is 3.90. The number of hydrogen-bond acceptors (Lipinski definition) is 4. The lowest BCUT2D eigenvalue weighted by atomic mass is 10.2. The van der Waals surface area contributed by atoms with E-state index in [1.54, 1.807) is 18.3 Å². The summed E-state index contributed by atoms with van der Waals surface area (Å²) >= 11 is 12.2. The highest BCUT2D eigenvalue weighted by molar-refractivity contribution is 6.33. The summed E-state index contributed by atoms with van der Waals surface area (Å²) in [6.07, 6.45) is 3.01. The number of anilines is 2. The van der Waals surface area contributed by atoms with Gasteiger partial charge in [-0.05, 0) is 23.8 Å². The molecule has 94 valence electrons. The summed E-state index contributed by atoms with van der Waals surface area (Å²) in [4.78, 5) is 9.88. The zero-order chi connectivity index (χ0) is 13.1. The lowest BCUT2D eigenvalue weighted by molar-refractivity contribution is 0.891. The summed E-state index contributed by atoms with van der Waals surface area (Å²) in [5, 5.41) is 1.17. The Kier molecular flexibility index (Phi) is 3.89. The predicted octanol–water partition coefficient (Wildman–Crippen LogP) is 3.00. The minimum absolute atomic E-state index is 0.500. The van der Waals surface area contributed by atoms with E-state index in [-0.39, 0.29) is 0 Å². The van der Waals surface area contributed by atoms with Crippen LogP contribution in [0.15, 0.2) is 30.7 Å². The van der Waals surface area contributed by atoms with Gasteiger partial charge in [0, 0.05) is 24.3 Å². The smallest absolute Gasteiger partial charge is 0.150 e. The molecule has 18 heavy (non-hydrogen) atoms. The van der Waals surface area contributed by atoms with Gasteiger partial charge in [-0.15, -0.1) is 0 Å². The van der Waals surface area contributed by atoms with Gasteiger partial charge >= 0.3 is 0 Å². The van der Waals surface area contributed by atoms with Crippen LogP contribution in [-0.2, 0) is 6.54 Å². The molecule has 0 aliphatic rings. The summed E-state index contributed by atoms with van der Waals surface area (Å²) in [6, 6.07) is 5.39. The van der Waals surface area contributed by atoms with Crippen LogP contribution in [0, 0.1) is 0 Å². The van der Waals surface area contributed by atoms with Crippen molar-refractivity contribution in [1.29, 1.82) is 0 Å². The van der Waals surface area contributed by atoms with Crippen molar-refractivity contribution in [3.63, 3.8) is 0 Å². The average Bonchev–Trinajstić information content (AvgIpc) is 2.34. The first-order valence-corrected chi connectivity index (χ1v) is 6.04. The minimum Gasteiger partial charge on any atom is -0.399 e. The Morgan fingerprint density at radius 1 is 1.28 bits per heavy atom. The summed E-state index contributed by atoms with van der Waals surface area (Å²) in [5.41, 5.74) is 7.35. The maximum atomic E-state index is 6.12. The molecule has 0 atom stereocenters. The molecule has 2 N–H and O–H groups in total. The van der Waals surface area contributed by atoms with Crippen molar-refractivity contribution in [3.8, 4) is 0 Å². The van der Waals surface area contributed by atoms with Crippen molar-refractivity contribution in [1.82, 2.24) is 9.97 Å². The Balaban J connectivity index is 2.24. The van der Waals surface area contributed by atoms with Crippen LogP contribution in [0.5, 0.6) is 0 Å². The maximum Gasteiger partial charge on any atom is 0.150 e. The molecule has 6 heteroatoms. The molecule has 0 aliphatic carbocycles. The van der Waals surface area contributed by atoms with Crippen molar-refractivity contribution in [2.45, 2.75) is 6.54 Å². The van der Waals surface area contributed by atoms with Gasteiger partial charge in [-0.1, -0.05) is 23.2 Å². The molecular formula is C12H12Cl2N4. The van der Waals surface area contributed by atoms with Crippen LogP contribution in [0.1, 0.15) is 5.56 Å². The van der Waals surface area contributed by atoms with E-state index in [0.29, 0.717) is 28.1 Å². The highest BCUT2D eigenvalue weighted by atomic mass is 35.5. The van der Waals surface area contributed by atoms with E-state index in [1.165, 1.54) is 6.33 Å². The quantitative estimate of drug-likeness (QED) is 0.880. The van der Waals surface area contributed by atoms with E-state index in [9.17, 15) is 0 Å². The second kappa shape index (κ2) is 5.42. The molecule has 0 saturated heterocycles. The molecule has 0 fully saturated rings.